The first-order valence-corrected chi connectivity index (χ1v) is 8.84. The third-order valence-electron chi connectivity index (χ3n) is 5.72. The highest BCUT2D eigenvalue weighted by atomic mass is 15.2. The molecule has 0 saturated heterocycles. The van der Waals surface area contributed by atoms with Gasteiger partial charge in [0, 0.05) is 5.56 Å². The zero-order valence-electron chi connectivity index (χ0n) is 15.6. The standard InChI is InChI=1S/C22H27N2/c1-15-10-7-8-11-16(15)20-23(6)18-13-9-12-17-19(18)24(20)22(4,5)14-21(17,2)3/h7-13H,14H2,1-6H3/q+1. The van der Waals surface area contributed by atoms with Crippen LogP contribution in [0.1, 0.15) is 45.2 Å². The number of hydrogen-bond acceptors (Lipinski definition) is 0. The summed E-state index contributed by atoms with van der Waals surface area (Å²) in [6.07, 6.45) is 1.14. The lowest BCUT2D eigenvalue weighted by Gasteiger charge is -2.38. The Balaban J connectivity index is 2.22. The van der Waals surface area contributed by atoms with E-state index < -0.39 is 0 Å². The average Bonchev–Trinajstić information content (AvgIpc) is 2.80. The highest BCUT2D eigenvalue weighted by molar-refractivity contribution is 5.81. The Kier molecular flexibility index (Phi) is 3.04. The van der Waals surface area contributed by atoms with Crippen LogP contribution in [0.15, 0.2) is 42.5 Å². The lowest BCUT2D eigenvalue weighted by Crippen LogP contribution is -2.59. The second kappa shape index (κ2) is 4.72. The van der Waals surface area contributed by atoms with Gasteiger partial charge in [-0.15, -0.1) is 0 Å². The molecule has 0 bridgehead atoms. The number of para-hydroxylation sites is 1. The average molecular weight is 319 g/mol. The molecule has 1 aliphatic rings. The van der Waals surface area contributed by atoms with Gasteiger partial charge in [-0.25, -0.2) is 9.13 Å². The molecule has 2 heterocycles. The molecular weight excluding hydrogens is 292 g/mol. The monoisotopic (exact) mass is 319 g/mol. The maximum Gasteiger partial charge on any atom is 0.290 e. The first kappa shape index (κ1) is 15.4. The van der Waals surface area contributed by atoms with Crippen molar-refractivity contribution in [2.75, 3.05) is 0 Å². The Morgan fingerprint density at radius 3 is 2.38 bits per heavy atom. The van der Waals surface area contributed by atoms with Crippen molar-refractivity contribution in [2.24, 2.45) is 7.05 Å². The predicted molar refractivity (Wildman–Crippen MR) is 100 cm³/mol. The molecule has 3 aromatic rings. The van der Waals surface area contributed by atoms with Gasteiger partial charge >= 0.3 is 0 Å². The molecular formula is C22H27N2+. The van der Waals surface area contributed by atoms with Gasteiger partial charge in [-0.3, -0.25) is 0 Å². The normalized spacial score (nSPS) is 18.1. The maximum absolute atomic E-state index is 2.59. The van der Waals surface area contributed by atoms with Crippen LogP contribution in [-0.2, 0) is 18.0 Å². The molecule has 0 atom stereocenters. The van der Waals surface area contributed by atoms with Crippen LogP contribution in [0.3, 0.4) is 0 Å². The summed E-state index contributed by atoms with van der Waals surface area (Å²) in [5.74, 6) is 1.32. The van der Waals surface area contributed by atoms with Crippen molar-refractivity contribution in [3.63, 3.8) is 0 Å². The molecule has 4 rings (SSSR count). The van der Waals surface area contributed by atoms with Gasteiger partial charge in [-0.2, -0.15) is 0 Å². The SMILES string of the molecule is Cc1ccccc1-c1n(C)c2cccc3c2[n+]1C(C)(C)CC3(C)C. The second-order valence-corrected chi connectivity index (χ2v) is 8.58. The van der Waals surface area contributed by atoms with E-state index in [-0.39, 0.29) is 11.0 Å². The van der Waals surface area contributed by atoms with Crippen molar-refractivity contribution in [1.82, 2.24) is 4.57 Å². The molecule has 0 N–H and O–H groups in total. The summed E-state index contributed by atoms with van der Waals surface area (Å²) in [4.78, 5) is 0. The fourth-order valence-corrected chi connectivity index (χ4v) is 4.92. The maximum atomic E-state index is 2.59. The minimum atomic E-state index is 0.0784. The summed E-state index contributed by atoms with van der Waals surface area (Å²) in [7, 11) is 2.21. The lowest BCUT2D eigenvalue weighted by atomic mass is 9.71. The van der Waals surface area contributed by atoms with Gasteiger partial charge in [0.1, 0.15) is 5.54 Å². The fraction of sp³-hybridized carbons (Fsp3) is 0.409. The van der Waals surface area contributed by atoms with Crippen molar-refractivity contribution < 1.29 is 4.57 Å². The topological polar surface area (TPSA) is 8.81 Å². The molecule has 1 aromatic heterocycles. The molecule has 0 fully saturated rings. The number of benzene rings is 2. The van der Waals surface area contributed by atoms with Crippen LogP contribution >= 0.6 is 0 Å². The molecule has 0 radical (unpaired) electrons. The molecule has 0 saturated carbocycles. The van der Waals surface area contributed by atoms with Crippen molar-refractivity contribution >= 4 is 11.0 Å². The third kappa shape index (κ3) is 1.92. The lowest BCUT2D eigenvalue weighted by molar-refractivity contribution is -0.730. The first-order chi connectivity index (χ1) is 11.2. The van der Waals surface area contributed by atoms with Crippen molar-refractivity contribution in [3.05, 3.63) is 53.6 Å². The molecule has 124 valence electrons. The van der Waals surface area contributed by atoms with E-state index in [4.69, 9.17) is 0 Å². The Hall–Kier alpha value is -2.09. The molecule has 1 aliphatic heterocycles. The molecule has 0 aliphatic carbocycles. The third-order valence-corrected chi connectivity index (χ3v) is 5.72. The number of aromatic nitrogens is 2. The molecule has 0 unspecified atom stereocenters. The van der Waals surface area contributed by atoms with Gasteiger partial charge in [0.2, 0.25) is 0 Å². The van der Waals surface area contributed by atoms with Crippen LogP contribution < -0.4 is 4.57 Å². The zero-order chi connectivity index (χ0) is 17.3. The van der Waals surface area contributed by atoms with Crippen LogP contribution in [0, 0.1) is 6.92 Å². The van der Waals surface area contributed by atoms with Crippen LogP contribution in [0.5, 0.6) is 0 Å². The Bertz CT molecular complexity index is 958. The van der Waals surface area contributed by atoms with Gasteiger partial charge in [0.05, 0.1) is 12.6 Å². The quantitative estimate of drug-likeness (QED) is 0.567. The fourth-order valence-electron chi connectivity index (χ4n) is 4.92. The minimum absolute atomic E-state index is 0.0784. The Labute approximate surface area is 144 Å². The van der Waals surface area contributed by atoms with E-state index in [0.717, 1.165) is 6.42 Å². The molecule has 2 nitrogen and oxygen atoms in total. The van der Waals surface area contributed by atoms with Gasteiger partial charge in [-0.1, -0.05) is 44.2 Å². The minimum Gasteiger partial charge on any atom is -0.226 e. The van der Waals surface area contributed by atoms with Crippen molar-refractivity contribution in [2.45, 2.75) is 52.0 Å². The number of aryl methyl sites for hydroxylation is 2. The summed E-state index contributed by atoms with van der Waals surface area (Å²) in [6, 6.07) is 15.5. The predicted octanol–water partition coefficient (Wildman–Crippen LogP) is 4.86. The van der Waals surface area contributed by atoms with Crippen LogP contribution in [-0.4, -0.2) is 4.57 Å². The van der Waals surface area contributed by atoms with E-state index in [1.165, 1.54) is 33.5 Å². The highest BCUT2D eigenvalue weighted by Gasteiger charge is 2.46. The smallest absolute Gasteiger partial charge is 0.226 e. The van der Waals surface area contributed by atoms with E-state index in [1.807, 2.05) is 0 Å². The highest BCUT2D eigenvalue weighted by Crippen LogP contribution is 2.43. The van der Waals surface area contributed by atoms with Crippen molar-refractivity contribution in [1.29, 1.82) is 0 Å². The van der Waals surface area contributed by atoms with Crippen LogP contribution in [0.2, 0.25) is 0 Å². The zero-order valence-corrected chi connectivity index (χ0v) is 15.6. The summed E-state index contributed by atoms with van der Waals surface area (Å²) in [5.41, 5.74) is 7.12. The van der Waals surface area contributed by atoms with E-state index in [0.29, 0.717) is 0 Å². The van der Waals surface area contributed by atoms with E-state index in [2.05, 4.69) is 93.3 Å². The molecule has 2 heteroatoms. The molecule has 2 aromatic carbocycles. The summed E-state index contributed by atoms with van der Waals surface area (Å²) >= 11 is 0. The number of imidazole rings is 1. The molecule has 0 spiro atoms. The van der Waals surface area contributed by atoms with Gasteiger partial charge in [0.25, 0.3) is 5.82 Å². The van der Waals surface area contributed by atoms with Gasteiger partial charge in [0.15, 0.2) is 11.0 Å². The molecule has 24 heavy (non-hydrogen) atoms. The van der Waals surface area contributed by atoms with Crippen LogP contribution in [0.4, 0.5) is 0 Å². The van der Waals surface area contributed by atoms with E-state index >= 15 is 0 Å². The first-order valence-electron chi connectivity index (χ1n) is 8.84. The second-order valence-electron chi connectivity index (χ2n) is 8.58. The van der Waals surface area contributed by atoms with Gasteiger partial charge in [-0.05, 0) is 50.3 Å². The van der Waals surface area contributed by atoms with E-state index in [9.17, 15) is 0 Å². The summed E-state index contributed by atoms with van der Waals surface area (Å²) in [5, 5.41) is 0. The number of rotatable bonds is 1. The number of nitrogens with zero attached hydrogens (tertiary/aromatic N) is 2. The van der Waals surface area contributed by atoms with Crippen molar-refractivity contribution in [3.8, 4) is 11.4 Å². The van der Waals surface area contributed by atoms with Crippen LogP contribution in [0.25, 0.3) is 22.4 Å². The Morgan fingerprint density at radius 1 is 0.958 bits per heavy atom. The summed E-state index contributed by atoms with van der Waals surface area (Å²) in [6.45, 7) is 11.7. The summed E-state index contributed by atoms with van der Waals surface area (Å²) < 4.78 is 4.97. The Morgan fingerprint density at radius 2 is 1.67 bits per heavy atom. The molecule has 0 amide bonds. The van der Waals surface area contributed by atoms with E-state index in [1.54, 1.807) is 0 Å². The number of hydrogen-bond donors (Lipinski definition) is 0. The van der Waals surface area contributed by atoms with Gasteiger partial charge < -0.3 is 0 Å². The largest absolute Gasteiger partial charge is 0.290 e.